The Labute approximate surface area is 163 Å². The first-order valence-corrected chi connectivity index (χ1v) is 9.62. The van der Waals surface area contributed by atoms with Gasteiger partial charge >= 0.3 is 0 Å². The van der Waals surface area contributed by atoms with E-state index in [-0.39, 0.29) is 17.7 Å². The van der Waals surface area contributed by atoms with Crippen LogP contribution in [0.4, 0.5) is 0 Å². The van der Waals surface area contributed by atoms with Gasteiger partial charge in [0.2, 0.25) is 5.91 Å². The van der Waals surface area contributed by atoms with Crippen LogP contribution in [0, 0.1) is 5.92 Å². The number of benzene rings is 1. The second kappa shape index (κ2) is 7.67. The van der Waals surface area contributed by atoms with Crippen LogP contribution in [0.15, 0.2) is 42.6 Å². The molecule has 1 saturated carbocycles. The average Bonchev–Trinajstić information content (AvgIpc) is 3.19. The number of carbonyl (C=O) groups is 2. The first-order valence-electron chi connectivity index (χ1n) is 9.62. The summed E-state index contributed by atoms with van der Waals surface area (Å²) in [5, 5.41) is 13.3. The normalized spacial score (nSPS) is 24.2. The molecule has 0 unspecified atom stereocenters. The number of amides is 2. The maximum atomic E-state index is 13.1. The highest BCUT2D eigenvalue weighted by atomic mass is 16.5. The summed E-state index contributed by atoms with van der Waals surface area (Å²) < 4.78 is 7.47. The van der Waals surface area contributed by atoms with Gasteiger partial charge in [-0.2, -0.15) is 0 Å². The Kier molecular flexibility index (Phi) is 5.09. The summed E-state index contributed by atoms with van der Waals surface area (Å²) >= 11 is 0. The van der Waals surface area contributed by atoms with E-state index in [1.807, 2.05) is 24.3 Å². The van der Waals surface area contributed by atoms with Crippen LogP contribution in [-0.2, 0) is 18.4 Å². The first kappa shape index (κ1) is 18.6. The van der Waals surface area contributed by atoms with Crippen molar-refractivity contribution in [3.63, 3.8) is 0 Å². The number of rotatable bonds is 3. The van der Waals surface area contributed by atoms with Crippen LogP contribution in [0.5, 0.6) is 5.75 Å². The predicted octanol–water partition coefficient (Wildman–Crippen LogP) is 1.32. The number of nitrogens with zero attached hydrogens (tertiary/aromatic N) is 2. The SMILES string of the molecule is Cn1cccc1C(=O)N[C@@H]1C[C@H](C(=O)N2CCOc3ccccc3C2)C[C@H]1O. The maximum absolute atomic E-state index is 13.1. The summed E-state index contributed by atoms with van der Waals surface area (Å²) in [4.78, 5) is 27.3. The number of ether oxygens (including phenoxy) is 1. The van der Waals surface area contributed by atoms with Gasteiger partial charge in [0.05, 0.1) is 18.7 Å². The molecule has 28 heavy (non-hydrogen) atoms. The van der Waals surface area contributed by atoms with E-state index in [4.69, 9.17) is 4.74 Å². The minimum absolute atomic E-state index is 0.00923. The van der Waals surface area contributed by atoms with Crippen molar-refractivity contribution in [1.82, 2.24) is 14.8 Å². The summed E-state index contributed by atoms with van der Waals surface area (Å²) in [6.07, 6.45) is 1.87. The highest BCUT2D eigenvalue weighted by molar-refractivity contribution is 5.93. The number of nitrogens with one attached hydrogen (secondary N) is 1. The molecular formula is C21H25N3O4. The fourth-order valence-corrected chi connectivity index (χ4v) is 4.08. The molecule has 2 aliphatic rings. The zero-order valence-corrected chi connectivity index (χ0v) is 15.9. The summed E-state index contributed by atoms with van der Waals surface area (Å²) in [6, 6.07) is 10.8. The zero-order valence-electron chi connectivity index (χ0n) is 15.9. The molecule has 1 aliphatic heterocycles. The molecule has 3 atom stereocenters. The van der Waals surface area contributed by atoms with Gasteiger partial charge in [-0.15, -0.1) is 0 Å². The second-order valence-electron chi connectivity index (χ2n) is 7.54. The molecule has 1 fully saturated rings. The van der Waals surface area contributed by atoms with Gasteiger partial charge in [0.15, 0.2) is 0 Å². The van der Waals surface area contributed by atoms with E-state index in [0.29, 0.717) is 38.2 Å². The quantitative estimate of drug-likeness (QED) is 0.837. The molecule has 2 aromatic rings. The van der Waals surface area contributed by atoms with Gasteiger partial charge in [-0.05, 0) is 31.0 Å². The minimum atomic E-state index is -0.728. The third-order valence-electron chi connectivity index (χ3n) is 5.64. The molecule has 2 amide bonds. The van der Waals surface area contributed by atoms with Crippen molar-refractivity contribution in [3.8, 4) is 5.75 Å². The highest BCUT2D eigenvalue weighted by Crippen LogP contribution is 2.30. The molecule has 0 radical (unpaired) electrons. The molecule has 1 aromatic carbocycles. The van der Waals surface area contributed by atoms with E-state index in [1.54, 1.807) is 34.8 Å². The fraction of sp³-hybridized carbons (Fsp3) is 0.429. The maximum Gasteiger partial charge on any atom is 0.268 e. The van der Waals surface area contributed by atoms with Crippen molar-refractivity contribution in [2.45, 2.75) is 31.5 Å². The molecule has 2 heterocycles. The van der Waals surface area contributed by atoms with Gasteiger partial charge in [-0.3, -0.25) is 9.59 Å². The lowest BCUT2D eigenvalue weighted by Crippen LogP contribution is -2.41. The van der Waals surface area contributed by atoms with Crippen molar-refractivity contribution in [3.05, 3.63) is 53.9 Å². The van der Waals surface area contributed by atoms with Gasteiger partial charge in [-0.25, -0.2) is 0 Å². The Hall–Kier alpha value is -2.80. The Morgan fingerprint density at radius 3 is 2.79 bits per heavy atom. The predicted molar refractivity (Wildman–Crippen MR) is 103 cm³/mol. The smallest absolute Gasteiger partial charge is 0.268 e. The topological polar surface area (TPSA) is 83.8 Å². The second-order valence-corrected chi connectivity index (χ2v) is 7.54. The van der Waals surface area contributed by atoms with Crippen molar-refractivity contribution < 1.29 is 19.4 Å². The summed E-state index contributed by atoms with van der Waals surface area (Å²) in [7, 11) is 1.80. The largest absolute Gasteiger partial charge is 0.491 e. The van der Waals surface area contributed by atoms with Gasteiger partial charge < -0.3 is 24.6 Å². The molecule has 148 valence electrons. The number of aromatic nitrogens is 1. The van der Waals surface area contributed by atoms with Crippen molar-refractivity contribution in [1.29, 1.82) is 0 Å². The monoisotopic (exact) mass is 383 g/mol. The van der Waals surface area contributed by atoms with E-state index in [0.717, 1.165) is 11.3 Å². The molecule has 0 bridgehead atoms. The van der Waals surface area contributed by atoms with E-state index in [9.17, 15) is 14.7 Å². The van der Waals surface area contributed by atoms with Gasteiger partial charge in [0, 0.05) is 31.3 Å². The Balaban J connectivity index is 1.41. The van der Waals surface area contributed by atoms with E-state index in [1.165, 1.54) is 0 Å². The third kappa shape index (κ3) is 3.62. The summed E-state index contributed by atoms with van der Waals surface area (Å²) in [5.41, 5.74) is 1.52. The zero-order chi connectivity index (χ0) is 19.7. The third-order valence-corrected chi connectivity index (χ3v) is 5.64. The number of carbonyl (C=O) groups excluding carboxylic acids is 2. The van der Waals surface area contributed by atoms with Crippen LogP contribution in [0.25, 0.3) is 0 Å². The number of hydrogen-bond acceptors (Lipinski definition) is 4. The molecular weight excluding hydrogens is 358 g/mol. The molecule has 0 saturated heterocycles. The van der Waals surface area contributed by atoms with Crippen LogP contribution < -0.4 is 10.1 Å². The molecule has 7 nitrogen and oxygen atoms in total. The van der Waals surface area contributed by atoms with Crippen LogP contribution >= 0.6 is 0 Å². The first-order chi connectivity index (χ1) is 13.5. The molecule has 4 rings (SSSR count). The Morgan fingerprint density at radius 1 is 1.18 bits per heavy atom. The summed E-state index contributed by atoms with van der Waals surface area (Å²) in [6.45, 7) is 1.47. The van der Waals surface area contributed by atoms with Crippen molar-refractivity contribution in [2.75, 3.05) is 13.2 Å². The van der Waals surface area contributed by atoms with Gasteiger partial charge in [-0.1, -0.05) is 18.2 Å². The Morgan fingerprint density at radius 2 is 2.00 bits per heavy atom. The van der Waals surface area contributed by atoms with E-state index >= 15 is 0 Å². The lowest BCUT2D eigenvalue weighted by Gasteiger charge is -2.23. The molecule has 0 spiro atoms. The molecule has 2 N–H and O–H groups in total. The van der Waals surface area contributed by atoms with E-state index in [2.05, 4.69) is 5.32 Å². The number of aliphatic hydroxyl groups is 1. The van der Waals surface area contributed by atoms with E-state index < -0.39 is 12.1 Å². The number of aryl methyl sites for hydroxylation is 1. The van der Waals surface area contributed by atoms with Crippen molar-refractivity contribution >= 4 is 11.8 Å². The molecule has 1 aromatic heterocycles. The number of fused-ring (bicyclic) bond motifs is 1. The minimum Gasteiger partial charge on any atom is -0.491 e. The average molecular weight is 383 g/mol. The molecule has 1 aliphatic carbocycles. The lowest BCUT2D eigenvalue weighted by molar-refractivity contribution is -0.136. The standard InChI is InChI=1S/C21H25N3O4/c1-23-8-4-6-17(23)20(26)22-16-11-15(12-18(16)25)21(27)24-9-10-28-19-7-3-2-5-14(19)13-24/h2-8,15-16,18,25H,9-13H2,1H3,(H,22,26)/t15-,16+,18+/m0/s1. The lowest BCUT2D eigenvalue weighted by atomic mass is 10.1. The fourth-order valence-electron chi connectivity index (χ4n) is 4.08. The number of hydrogen-bond donors (Lipinski definition) is 2. The summed E-state index contributed by atoms with van der Waals surface area (Å²) in [5.74, 6) is 0.285. The van der Waals surface area contributed by atoms with Crippen LogP contribution in [-0.4, -0.2) is 51.7 Å². The van der Waals surface area contributed by atoms with Gasteiger partial charge in [0.1, 0.15) is 18.1 Å². The highest BCUT2D eigenvalue weighted by Gasteiger charge is 2.40. The van der Waals surface area contributed by atoms with Crippen LogP contribution in [0.2, 0.25) is 0 Å². The number of aliphatic hydroxyl groups excluding tert-OH is 1. The van der Waals surface area contributed by atoms with Crippen LogP contribution in [0.1, 0.15) is 28.9 Å². The van der Waals surface area contributed by atoms with Gasteiger partial charge in [0.25, 0.3) is 5.91 Å². The molecule has 7 heteroatoms. The Bertz CT molecular complexity index is 878. The van der Waals surface area contributed by atoms with Crippen LogP contribution in [0.3, 0.4) is 0 Å². The van der Waals surface area contributed by atoms with Crippen molar-refractivity contribution in [2.24, 2.45) is 13.0 Å². The number of para-hydroxylation sites is 1.